The molecule has 1 aromatic rings. The molecule has 116 valence electrons. The highest BCUT2D eigenvalue weighted by Crippen LogP contribution is 2.12. The fourth-order valence-corrected chi connectivity index (χ4v) is 2.13. The van der Waals surface area contributed by atoms with Crippen molar-refractivity contribution >= 4 is 12.0 Å². The van der Waals surface area contributed by atoms with E-state index in [1.165, 1.54) is 32.1 Å². The third-order valence-corrected chi connectivity index (χ3v) is 3.45. The predicted molar refractivity (Wildman–Crippen MR) is 88.1 cm³/mol. The number of aromatic hydroxyl groups is 1. The van der Waals surface area contributed by atoms with Gasteiger partial charge in [0.1, 0.15) is 5.75 Å². The lowest BCUT2D eigenvalue weighted by molar-refractivity contribution is -0.117. The van der Waals surface area contributed by atoms with Crippen molar-refractivity contribution in [1.82, 2.24) is 5.32 Å². The molecule has 0 saturated heterocycles. The molecule has 0 atom stereocenters. The van der Waals surface area contributed by atoms with Crippen LogP contribution in [0.15, 0.2) is 29.8 Å². The summed E-state index contributed by atoms with van der Waals surface area (Å²) in [6.07, 6.45) is 9.17. The number of rotatable bonds is 9. The zero-order valence-corrected chi connectivity index (χ0v) is 13.2. The van der Waals surface area contributed by atoms with Crippen molar-refractivity contribution in [2.75, 3.05) is 6.54 Å². The molecule has 0 heterocycles. The fourth-order valence-electron chi connectivity index (χ4n) is 2.13. The van der Waals surface area contributed by atoms with Gasteiger partial charge in [0, 0.05) is 12.1 Å². The Morgan fingerprint density at radius 2 is 1.71 bits per heavy atom. The normalized spacial score (nSPS) is 11.4. The van der Waals surface area contributed by atoms with Crippen molar-refractivity contribution in [3.63, 3.8) is 0 Å². The maximum Gasteiger partial charge on any atom is 0.246 e. The molecule has 2 N–H and O–H groups in total. The van der Waals surface area contributed by atoms with Crippen molar-refractivity contribution in [1.29, 1.82) is 0 Å². The number of amides is 1. The van der Waals surface area contributed by atoms with E-state index in [1.807, 2.05) is 13.0 Å². The summed E-state index contributed by atoms with van der Waals surface area (Å²) in [6.45, 7) is 4.76. The number of carbonyl (C=O) groups excluding carboxylic acids is 1. The Bertz CT molecular complexity index is 449. The van der Waals surface area contributed by atoms with Gasteiger partial charge in [0.25, 0.3) is 0 Å². The van der Waals surface area contributed by atoms with Crippen LogP contribution in [0.25, 0.3) is 6.08 Å². The van der Waals surface area contributed by atoms with Gasteiger partial charge in [-0.1, -0.05) is 51.2 Å². The molecule has 0 aromatic heterocycles. The first kappa shape index (κ1) is 17.3. The molecule has 0 aliphatic heterocycles. The zero-order valence-electron chi connectivity index (χ0n) is 13.2. The van der Waals surface area contributed by atoms with Gasteiger partial charge in [-0.2, -0.15) is 0 Å². The average Bonchev–Trinajstić information content (AvgIpc) is 2.48. The van der Waals surface area contributed by atoms with Gasteiger partial charge in [-0.15, -0.1) is 0 Å². The lowest BCUT2D eigenvalue weighted by Crippen LogP contribution is -2.24. The van der Waals surface area contributed by atoms with Crippen LogP contribution in [0.2, 0.25) is 0 Å². The minimum atomic E-state index is -0.0170. The molecule has 0 saturated carbocycles. The molecular weight excluding hydrogens is 262 g/mol. The maximum atomic E-state index is 11.9. The minimum absolute atomic E-state index is 0.0170. The van der Waals surface area contributed by atoms with Crippen LogP contribution in [0.5, 0.6) is 5.75 Å². The summed E-state index contributed by atoms with van der Waals surface area (Å²) in [5, 5.41) is 12.2. The quantitative estimate of drug-likeness (QED) is 0.527. The van der Waals surface area contributed by atoms with E-state index in [9.17, 15) is 9.90 Å². The molecule has 0 radical (unpaired) electrons. The number of phenols is 1. The molecule has 0 aliphatic rings. The lowest BCUT2D eigenvalue weighted by atomic mass is 10.1. The van der Waals surface area contributed by atoms with E-state index in [2.05, 4.69) is 12.2 Å². The van der Waals surface area contributed by atoms with Crippen LogP contribution >= 0.6 is 0 Å². The highest BCUT2D eigenvalue weighted by molar-refractivity contribution is 5.97. The van der Waals surface area contributed by atoms with Crippen LogP contribution in [0.1, 0.15) is 57.9 Å². The van der Waals surface area contributed by atoms with Gasteiger partial charge in [-0.05, 0) is 37.1 Å². The smallest absolute Gasteiger partial charge is 0.246 e. The van der Waals surface area contributed by atoms with Crippen LogP contribution in [0.4, 0.5) is 0 Å². The van der Waals surface area contributed by atoms with Crippen LogP contribution in [0, 0.1) is 0 Å². The first-order valence-corrected chi connectivity index (χ1v) is 7.89. The third kappa shape index (κ3) is 7.54. The standard InChI is InChI=1S/C18H27NO2/c1-3-4-5-6-7-8-13-19-18(21)15(2)14-16-9-11-17(20)12-10-16/h9-12,14,20H,3-8,13H2,1-2H3,(H,19,21). The molecule has 1 amide bonds. The van der Waals surface area contributed by atoms with E-state index >= 15 is 0 Å². The lowest BCUT2D eigenvalue weighted by Gasteiger charge is -2.06. The summed E-state index contributed by atoms with van der Waals surface area (Å²) in [5.74, 6) is 0.217. The van der Waals surface area contributed by atoms with Gasteiger partial charge in [0.2, 0.25) is 5.91 Å². The summed E-state index contributed by atoms with van der Waals surface area (Å²) in [4.78, 5) is 11.9. The second kappa shape index (κ2) is 10.0. The predicted octanol–water partition coefficient (Wildman–Crippen LogP) is 4.27. The number of benzene rings is 1. The summed E-state index contributed by atoms with van der Waals surface area (Å²) in [5.41, 5.74) is 1.60. The van der Waals surface area contributed by atoms with Gasteiger partial charge in [-0.3, -0.25) is 4.79 Å². The molecule has 3 heteroatoms. The highest BCUT2D eigenvalue weighted by Gasteiger charge is 2.03. The Labute approximate surface area is 128 Å². The molecule has 1 aromatic carbocycles. The van der Waals surface area contributed by atoms with Crippen molar-refractivity contribution < 1.29 is 9.90 Å². The number of unbranched alkanes of at least 4 members (excludes halogenated alkanes) is 5. The number of carbonyl (C=O) groups is 1. The second-order valence-corrected chi connectivity index (χ2v) is 5.44. The monoisotopic (exact) mass is 289 g/mol. The Hall–Kier alpha value is -1.77. The van der Waals surface area contributed by atoms with E-state index < -0.39 is 0 Å². The molecule has 21 heavy (non-hydrogen) atoms. The first-order chi connectivity index (χ1) is 10.1. The fraction of sp³-hybridized carbons (Fsp3) is 0.500. The third-order valence-electron chi connectivity index (χ3n) is 3.45. The van der Waals surface area contributed by atoms with Crippen LogP contribution in [0.3, 0.4) is 0 Å². The van der Waals surface area contributed by atoms with Gasteiger partial charge in [0.05, 0.1) is 0 Å². The summed E-state index contributed by atoms with van der Waals surface area (Å²) < 4.78 is 0. The van der Waals surface area contributed by atoms with Crippen molar-refractivity contribution in [2.45, 2.75) is 52.4 Å². The Kier molecular flexibility index (Phi) is 8.25. The van der Waals surface area contributed by atoms with Gasteiger partial charge >= 0.3 is 0 Å². The summed E-state index contributed by atoms with van der Waals surface area (Å²) in [6, 6.07) is 6.82. The average molecular weight is 289 g/mol. The van der Waals surface area contributed by atoms with Crippen molar-refractivity contribution in [3.05, 3.63) is 35.4 Å². The van der Waals surface area contributed by atoms with Crippen LogP contribution in [-0.4, -0.2) is 17.6 Å². The van der Waals surface area contributed by atoms with Crippen molar-refractivity contribution in [2.24, 2.45) is 0 Å². The Morgan fingerprint density at radius 1 is 1.10 bits per heavy atom. The number of hydrogen-bond acceptors (Lipinski definition) is 2. The molecule has 0 spiro atoms. The highest BCUT2D eigenvalue weighted by atomic mass is 16.3. The molecular formula is C18H27NO2. The van der Waals surface area contributed by atoms with E-state index in [4.69, 9.17) is 0 Å². The molecule has 0 bridgehead atoms. The molecule has 3 nitrogen and oxygen atoms in total. The van der Waals surface area contributed by atoms with Crippen LogP contribution in [-0.2, 0) is 4.79 Å². The number of hydrogen-bond donors (Lipinski definition) is 2. The molecule has 0 fully saturated rings. The summed E-state index contributed by atoms with van der Waals surface area (Å²) in [7, 11) is 0. The molecule has 1 rings (SSSR count). The SMILES string of the molecule is CCCCCCCCNC(=O)C(C)=Cc1ccc(O)cc1. The van der Waals surface area contributed by atoms with E-state index in [-0.39, 0.29) is 11.7 Å². The van der Waals surface area contributed by atoms with Crippen molar-refractivity contribution in [3.8, 4) is 5.75 Å². The summed E-state index contributed by atoms with van der Waals surface area (Å²) >= 11 is 0. The van der Waals surface area contributed by atoms with E-state index in [0.29, 0.717) is 5.57 Å². The topological polar surface area (TPSA) is 49.3 Å². The van der Waals surface area contributed by atoms with Gasteiger partial charge in [0.15, 0.2) is 0 Å². The maximum absolute atomic E-state index is 11.9. The first-order valence-electron chi connectivity index (χ1n) is 7.89. The number of nitrogens with one attached hydrogen (secondary N) is 1. The van der Waals surface area contributed by atoms with Crippen LogP contribution < -0.4 is 5.32 Å². The van der Waals surface area contributed by atoms with Gasteiger partial charge in [-0.25, -0.2) is 0 Å². The van der Waals surface area contributed by atoms with Gasteiger partial charge < -0.3 is 10.4 Å². The zero-order chi connectivity index (χ0) is 15.5. The Morgan fingerprint density at radius 3 is 2.38 bits per heavy atom. The molecule has 0 aliphatic carbocycles. The number of phenolic OH excluding ortho intramolecular Hbond substituents is 1. The second-order valence-electron chi connectivity index (χ2n) is 5.44. The Balaban J connectivity index is 2.26. The minimum Gasteiger partial charge on any atom is -0.508 e. The van der Waals surface area contributed by atoms with E-state index in [0.717, 1.165) is 18.5 Å². The largest absolute Gasteiger partial charge is 0.508 e. The molecule has 0 unspecified atom stereocenters. The van der Waals surface area contributed by atoms with E-state index in [1.54, 1.807) is 24.3 Å².